The van der Waals surface area contributed by atoms with E-state index in [0.29, 0.717) is 35.7 Å². The fourth-order valence-corrected chi connectivity index (χ4v) is 11.0. The molecule has 1 unspecified atom stereocenters. The van der Waals surface area contributed by atoms with Crippen molar-refractivity contribution in [1.29, 1.82) is 0 Å². The molecule has 0 bridgehead atoms. The predicted octanol–water partition coefficient (Wildman–Crippen LogP) is 10.3. The van der Waals surface area contributed by atoms with Crippen molar-refractivity contribution < 1.29 is 33.5 Å². The maximum Gasteiger partial charge on any atom is 0.356 e. The van der Waals surface area contributed by atoms with E-state index in [-0.39, 0.29) is 23.0 Å². The highest BCUT2D eigenvalue weighted by atomic mass is 35.5. The number of esters is 2. The number of benzene rings is 5. The zero-order valence-corrected chi connectivity index (χ0v) is 41.7. The van der Waals surface area contributed by atoms with Crippen molar-refractivity contribution in [2.75, 3.05) is 16.9 Å². The molecule has 1 aliphatic carbocycles. The number of nitrogens with one attached hydrogen (secondary N) is 2. The highest BCUT2D eigenvalue weighted by molar-refractivity contribution is 8.00. The van der Waals surface area contributed by atoms with Crippen LogP contribution < -0.4 is 10.6 Å². The highest BCUT2D eigenvalue weighted by Crippen LogP contribution is 2.44. The number of aromatic nitrogens is 1. The number of carbonyl (C=O) groups is 4. The summed E-state index contributed by atoms with van der Waals surface area (Å²) in [6.07, 6.45) is 4.00. The summed E-state index contributed by atoms with van der Waals surface area (Å²) in [6.45, 7) is 5.32. The lowest BCUT2D eigenvalue weighted by Crippen LogP contribution is -2.71. The largest absolute Gasteiger partial charge is 0.457 e. The maximum atomic E-state index is 14.8. The van der Waals surface area contributed by atoms with Crippen LogP contribution in [0.3, 0.4) is 0 Å². The minimum absolute atomic E-state index is 0.0675. The topological polar surface area (TPSA) is 149 Å². The van der Waals surface area contributed by atoms with E-state index in [2.05, 4.69) is 52.2 Å². The van der Waals surface area contributed by atoms with Gasteiger partial charge in [-0.3, -0.25) is 14.5 Å². The van der Waals surface area contributed by atoms with Crippen LogP contribution in [-0.4, -0.2) is 73.6 Å². The first-order chi connectivity index (χ1) is 34.4. The van der Waals surface area contributed by atoms with Crippen molar-refractivity contribution in [3.8, 4) is 0 Å². The number of thiazole rings is 1. The van der Waals surface area contributed by atoms with Gasteiger partial charge in [0, 0.05) is 29.9 Å². The minimum Gasteiger partial charge on any atom is -0.457 e. The lowest BCUT2D eigenvalue weighted by molar-refractivity contribution is -0.196. The first kappa shape index (κ1) is 49.0. The zero-order chi connectivity index (χ0) is 49.6. The molecular weight excluding hydrogens is 954 g/mol. The van der Waals surface area contributed by atoms with Gasteiger partial charge in [0.05, 0.1) is 0 Å². The Kier molecular flexibility index (Phi) is 14.6. The average molecular weight is 1010 g/mol. The number of fused-ring (bicyclic) bond motifs is 1. The van der Waals surface area contributed by atoms with Gasteiger partial charge < -0.3 is 24.9 Å². The number of carbonyl (C=O) groups excluding carboxylic acids is 4. The van der Waals surface area contributed by atoms with Crippen molar-refractivity contribution in [2.45, 2.75) is 74.3 Å². The summed E-state index contributed by atoms with van der Waals surface area (Å²) in [5.74, 6) is -2.09. The van der Waals surface area contributed by atoms with E-state index >= 15 is 0 Å². The van der Waals surface area contributed by atoms with E-state index in [1.54, 1.807) is 38.3 Å². The Labute approximate surface area is 426 Å². The molecule has 2 amide bonds. The minimum atomic E-state index is -1.42. The van der Waals surface area contributed by atoms with Gasteiger partial charge in [-0.05, 0) is 60.6 Å². The van der Waals surface area contributed by atoms with Crippen LogP contribution in [0.25, 0.3) is 0 Å². The Hall–Kier alpha value is -7.00. The number of amides is 2. The third-order valence-corrected chi connectivity index (χ3v) is 14.7. The van der Waals surface area contributed by atoms with Gasteiger partial charge in [-0.25, -0.2) is 14.6 Å². The van der Waals surface area contributed by atoms with E-state index in [1.165, 1.54) is 28.0 Å². The highest BCUT2D eigenvalue weighted by Gasteiger charge is 2.55. The Bertz CT molecular complexity index is 2830. The molecule has 9 rings (SSSR count). The van der Waals surface area contributed by atoms with Gasteiger partial charge in [-0.2, -0.15) is 0 Å². The van der Waals surface area contributed by atoms with Gasteiger partial charge >= 0.3 is 11.9 Å². The van der Waals surface area contributed by atoms with E-state index < -0.39 is 58.0 Å². The van der Waals surface area contributed by atoms with Gasteiger partial charge in [-0.1, -0.05) is 169 Å². The van der Waals surface area contributed by atoms with E-state index in [1.807, 2.05) is 115 Å². The number of alkyl halides is 1. The molecule has 2 aliphatic heterocycles. The number of ether oxygens (including phenoxy) is 2. The summed E-state index contributed by atoms with van der Waals surface area (Å²) in [6, 6.07) is 47.8. The predicted molar refractivity (Wildman–Crippen MR) is 278 cm³/mol. The number of β-lactam (4-membered cyclic amide) rings is 1. The van der Waals surface area contributed by atoms with Gasteiger partial charge in [0.15, 0.2) is 16.9 Å². The summed E-state index contributed by atoms with van der Waals surface area (Å²) >= 11 is 8.72. The van der Waals surface area contributed by atoms with Crippen LogP contribution in [0.5, 0.6) is 0 Å². The number of halogens is 1. The third kappa shape index (κ3) is 10.3. The summed E-state index contributed by atoms with van der Waals surface area (Å²) in [5, 5.41) is 12.5. The van der Waals surface area contributed by atoms with Gasteiger partial charge in [0.25, 0.3) is 11.8 Å². The summed E-state index contributed by atoms with van der Waals surface area (Å²) in [5.41, 5.74) is 1.68. The smallest absolute Gasteiger partial charge is 0.356 e. The molecular formula is C56H52ClN5O7S2. The molecule has 71 heavy (non-hydrogen) atoms. The standard InChI is InChI=1S/C56H52ClN5O7S2/c1-54(2,3)68-52(66)55(32-20-33-55)69-61-44(43-36-71-53(58-43)60-56(40-26-13-6-14-27-40,41-28-15-7-16-29-41)42-30-17-8-18-31-42)48(63)59-45-49(64)62-46(39(25-19-34-57)35-70-50(45)62)51(65)67-47(37-21-9-4-10-22-37)38-23-11-5-12-24-38/h4-19,21-31,36,45,47,50H,20,32-35H2,1-3H3,(H,58,60)(H,59,63)/t45?,50-/m0/s1. The molecule has 362 valence electrons. The molecule has 1 saturated heterocycles. The molecule has 1 saturated carbocycles. The number of rotatable bonds is 17. The van der Waals surface area contributed by atoms with E-state index in [0.717, 1.165) is 27.8 Å². The van der Waals surface area contributed by atoms with Crippen LogP contribution in [0.1, 0.15) is 79.6 Å². The van der Waals surface area contributed by atoms with Crippen LogP contribution >= 0.6 is 34.7 Å². The Morgan fingerprint density at radius 2 is 1.37 bits per heavy atom. The number of nitrogens with zero attached hydrogens (tertiary/aromatic N) is 3. The molecule has 0 radical (unpaired) electrons. The number of hydrogen-bond donors (Lipinski definition) is 2. The van der Waals surface area contributed by atoms with Crippen molar-refractivity contribution in [3.63, 3.8) is 0 Å². The normalized spacial score (nSPS) is 17.7. The Morgan fingerprint density at radius 3 is 1.86 bits per heavy atom. The second-order valence-corrected chi connectivity index (χ2v) is 20.6. The zero-order valence-electron chi connectivity index (χ0n) is 39.3. The molecule has 0 spiro atoms. The second kappa shape index (κ2) is 21.2. The SMILES string of the molecule is CC(C)(C)OC(=O)C1(ON=C(C(=O)NC2C(=O)N3C(C(=O)OC(c4ccccc4)c4ccccc4)=C(C=CCCl)CS[C@@H]23)c2csc(NC(c3ccccc3)(c3ccccc3)c3ccccc3)n2)CCC1. The van der Waals surface area contributed by atoms with Crippen LogP contribution in [0, 0.1) is 0 Å². The maximum absolute atomic E-state index is 14.8. The van der Waals surface area contributed by atoms with Crippen molar-refractivity contribution in [3.05, 3.63) is 214 Å². The molecule has 2 fully saturated rings. The molecule has 2 atom stereocenters. The first-order valence-corrected chi connectivity index (χ1v) is 25.8. The van der Waals surface area contributed by atoms with Crippen molar-refractivity contribution in [2.24, 2.45) is 5.16 Å². The number of anilines is 1. The lowest BCUT2D eigenvalue weighted by atomic mass is 9.77. The molecule has 2 N–H and O–H groups in total. The van der Waals surface area contributed by atoms with Gasteiger partial charge in [0.1, 0.15) is 33.9 Å². The third-order valence-electron chi connectivity index (χ3n) is 12.4. The molecule has 6 aromatic rings. The van der Waals surface area contributed by atoms with Gasteiger partial charge in [0.2, 0.25) is 5.60 Å². The fourth-order valence-electron chi connectivity index (χ4n) is 8.82. The first-order valence-electron chi connectivity index (χ1n) is 23.3. The Morgan fingerprint density at radius 1 is 0.831 bits per heavy atom. The summed E-state index contributed by atoms with van der Waals surface area (Å²) < 4.78 is 12.1. The molecule has 12 nitrogen and oxygen atoms in total. The van der Waals surface area contributed by atoms with Crippen LogP contribution in [0.2, 0.25) is 0 Å². The van der Waals surface area contributed by atoms with Crippen LogP contribution in [0.4, 0.5) is 5.13 Å². The van der Waals surface area contributed by atoms with Crippen LogP contribution in [-0.2, 0) is 39.0 Å². The number of thioether (sulfide) groups is 1. The summed E-state index contributed by atoms with van der Waals surface area (Å²) in [4.78, 5) is 69.9. The van der Waals surface area contributed by atoms with E-state index in [4.69, 9.17) is 30.9 Å². The lowest BCUT2D eigenvalue weighted by Gasteiger charge is -2.49. The molecule has 5 aromatic carbocycles. The van der Waals surface area contributed by atoms with Gasteiger partial charge in [-0.15, -0.1) is 34.7 Å². The molecule has 3 heterocycles. The van der Waals surface area contributed by atoms with Crippen LogP contribution in [0.15, 0.2) is 186 Å². The Balaban J connectivity index is 1.04. The monoisotopic (exact) mass is 1010 g/mol. The number of oxime groups is 1. The average Bonchev–Trinajstić information content (AvgIpc) is 3.84. The molecule has 15 heteroatoms. The van der Waals surface area contributed by atoms with E-state index in [9.17, 15) is 19.2 Å². The fraction of sp³-hybridized carbons (Fsp3) is 0.250. The van der Waals surface area contributed by atoms with Crippen molar-refractivity contribution >= 4 is 69.3 Å². The summed E-state index contributed by atoms with van der Waals surface area (Å²) in [7, 11) is 0. The number of hydrogen-bond acceptors (Lipinski definition) is 12. The second-order valence-electron chi connectivity index (χ2n) is 18.3. The molecule has 3 aliphatic rings. The number of allylic oxidation sites excluding steroid dienone is 2. The van der Waals surface area contributed by atoms with Crippen molar-refractivity contribution in [1.82, 2.24) is 15.2 Å². The quantitative estimate of drug-likeness (QED) is 0.0226. The molecule has 1 aromatic heterocycles.